The van der Waals surface area contributed by atoms with Crippen LogP contribution < -0.4 is 0 Å². The fourth-order valence-corrected chi connectivity index (χ4v) is 3.20. The summed E-state index contributed by atoms with van der Waals surface area (Å²) in [7, 11) is 0. The van der Waals surface area contributed by atoms with Crippen molar-refractivity contribution in [2.24, 2.45) is 0 Å². The molecule has 4 rings (SSSR count). The van der Waals surface area contributed by atoms with Crippen LogP contribution in [-0.2, 0) is 6.54 Å². The first kappa shape index (κ1) is 16.0. The number of rotatable bonds is 4. The zero-order valence-corrected chi connectivity index (χ0v) is 14.1. The summed E-state index contributed by atoms with van der Waals surface area (Å²) in [4.78, 5) is 2.13. The zero-order chi connectivity index (χ0) is 17.2. The summed E-state index contributed by atoms with van der Waals surface area (Å²) in [6.07, 6.45) is 1.55. The van der Waals surface area contributed by atoms with Gasteiger partial charge >= 0.3 is 0 Å². The molecule has 0 saturated carbocycles. The SMILES string of the molecule is Cc1onc(-c2ccccc2)c1-c1nnc(CN2CCCC(O)C2)o1. The second-order valence-electron chi connectivity index (χ2n) is 6.36. The second-order valence-corrected chi connectivity index (χ2v) is 6.36. The Hall–Kier alpha value is -2.51. The summed E-state index contributed by atoms with van der Waals surface area (Å²) >= 11 is 0. The summed E-state index contributed by atoms with van der Waals surface area (Å²) < 4.78 is 11.2. The number of hydrogen-bond donors (Lipinski definition) is 1. The van der Waals surface area contributed by atoms with Gasteiger partial charge in [-0.25, -0.2) is 0 Å². The van der Waals surface area contributed by atoms with Gasteiger partial charge in [-0.15, -0.1) is 10.2 Å². The topological polar surface area (TPSA) is 88.4 Å². The second kappa shape index (κ2) is 6.78. The van der Waals surface area contributed by atoms with Gasteiger partial charge in [-0.3, -0.25) is 4.90 Å². The number of benzene rings is 1. The Morgan fingerprint density at radius 1 is 1.24 bits per heavy atom. The van der Waals surface area contributed by atoms with E-state index in [4.69, 9.17) is 8.94 Å². The fourth-order valence-electron chi connectivity index (χ4n) is 3.20. The number of aromatic nitrogens is 3. The molecule has 1 aliphatic rings. The number of β-amino-alcohol motifs (C(OH)–C–C–N with tert-alkyl or cyclic N) is 1. The first-order valence-electron chi connectivity index (χ1n) is 8.45. The number of aliphatic hydroxyl groups excluding tert-OH is 1. The van der Waals surface area contributed by atoms with E-state index in [0.29, 0.717) is 36.3 Å². The largest absolute Gasteiger partial charge is 0.419 e. The van der Waals surface area contributed by atoms with Gasteiger partial charge in [0.15, 0.2) is 0 Å². The average molecular weight is 340 g/mol. The van der Waals surface area contributed by atoms with Crippen molar-refractivity contribution in [3.8, 4) is 22.7 Å². The number of aryl methyl sites for hydroxylation is 1. The molecule has 0 amide bonds. The maximum absolute atomic E-state index is 9.78. The third-order valence-corrected chi connectivity index (χ3v) is 4.43. The Morgan fingerprint density at radius 3 is 2.88 bits per heavy atom. The summed E-state index contributed by atoms with van der Waals surface area (Å²) in [6.45, 7) is 3.93. The van der Waals surface area contributed by atoms with E-state index in [2.05, 4.69) is 20.3 Å². The minimum Gasteiger partial charge on any atom is -0.419 e. The molecule has 1 fully saturated rings. The number of aliphatic hydroxyl groups is 1. The van der Waals surface area contributed by atoms with Gasteiger partial charge in [0.1, 0.15) is 17.0 Å². The number of nitrogens with zero attached hydrogens (tertiary/aromatic N) is 4. The molecule has 1 atom stereocenters. The third kappa shape index (κ3) is 3.33. The van der Waals surface area contributed by atoms with Crippen LogP contribution in [-0.4, -0.2) is 44.6 Å². The van der Waals surface area contributed by atoms with Crippen molar-refractivity contribution in [2.45, 2.75) is 32.4 Å². The summed E-state index contributed by atoms with van der Waals surface area (Å²) in [5.74, 6) is 1.58. The fraction of sp³-hybridized carbons (Fsp3) is 0.389. The maximum Gasteiger partial charge on any atom is 0.253 e. The van der Waals surface area contributed by atoms with Gasteiger partial charge in [0.25, 0.3) is 5.89 Å². The highest BCUT2D eigenvalue weighted by atomic mass is 16.5. The van der Waals surface area contributed by atoms with Crippen molar-refractivity contribution in [1.82, 2.24) is 20.3 Å². The van der Waals surface area contributed by atoms with Crippen LogP contribution in [0.2, 0.25) is 0 Å². The number of likely N-dealkylation sites (tertiary alicyclic amines) is 1. The van der Waals surface area contributed by atoms with E-state index in [1.165, 1.54) is 0 Å². The first-order chi connectivity index (χ1) is 12.2. The minimum atomic E-state index is -0.277. The van der Waals surface area contributed by atoms with E-state index < -0.39 is 0 Å². The van der Waals surface area contributed by atoms with E-state index in [9.17, 15) is 5.11 Å². The Morgan fingerprint density at radius 2 is 2.08 bits per heavy atom. The van der Waals surface area contributed by atoms with Crippen LogP contribution in [0.1, 0.15) is 24.5 Å². The average Bonchev–Trinajstić information content (AvgIpc) is 3.22. The molecule has 0 aliphatic carbocycles. The lowest BCUT2D eigenvalue weighted by molar-refractivity contribution is 0.0625. The predicted molar refractivity (Wildman–Crippen MR) is 90.5 cm³/mol. The molecular formula is C18H20N4O3. The minimum absolute atomic E-state index is 0.277. The molecule has 7 nitrogen and oxygen atoms in total. The smallest absolute Gasteiger partial charge is 0.253 e. The quantitative estimate of drug-likeness (QED) is 0.781. The van der Waals surface area contributed by atoms with E-state index in [1.54, 1.807) is 0 Å². The van der Waals surface area contributed by atoms with Crippen molar-refractivity contribution < 1.29 is 14.0 Å². The molecule has 130 valence electrons. The van der Waals surface area contributed by atoms with E-state index >= 15 is 0 Å². The summed E-state index contributed by atoms with van der Waals surface area (Å²) in [5.41, 5.74) is 2.36. The standard InChI is InChI=1S/C18H20N4O3/c1-12-16(17(21-25-12)13-6-3-2-4-7-13)18-20-19-15(24-18)11-22-9-5-8-14(23)10-22/h2-4,6-7,14,23H,5,8-11H2,1H3. The highest BCUT2D eigenvalue weighted by molar-refractivity contribution is 5.77. The van der Waals surface area contributed by atoms with Crippen LogP contribution in [0.15, 0.2) is 39.3 Å². The van der Waals surface area contributed by atoms with Gasteiger partial charge in [-0.2, -0.15) is 0 Å². The molecule has 3 heterocycles. The molecule has 2 aromatic heterocycles. The normalized spacial score (nSPS) is 18.6. The van der Waals surface area contributed by atoms with Crippen molar-refractivity contribution in [3.63, 3.8) is 0 Å². The van der Waals surface area contributed by atoms with Gasteiger partial charge in [0.05, 0.1) is 12.6 Å². The van der Waals surface area contributed by atoms with Crippen molar-refractivity contribution in [1.29, 1.82) is 0 Å². The lowest BCUT2D eigenvalue weighted by Crippen LogP contribution is -2.37. The van der Waals surface area contributed by atoms with Gasteiger partial charge in [0.2, 0.25) is 5.89 Å². The Bertz CT molecular complexity index is 843. The molecule has 1 aliphatic heterocycles. The van der Waals surface area contributed by atoms with Gasteiger partial charge in [0, 0.05) is 12.1 Å². The van der Waals surface area contributed by atoms with Crippen LogP contribution in [0, 0.1) is 6.92 Å². The maximum atomic E-state index is 9.78. The molecule has 25 heavy (non-hydrogen) atoms. The predicted octanol–water partition coefficient (Wildman–Crippen LogP) is 2.66. The third-order valence-electron chi connectivity index (χ3n) is 4.43. The Kier molecular flexibility index (Phi) is 4.33. The van der Waals surface area contributed by atoms with Crippen molar-refractivity contribution in [3.05, 3.63) is 42.0 Å². The van der Waals surface area contributed by atoms with E-state index in [1.807, 2.05) is 37.3 Å². The highest BCUT2D eigenvalue weighted by Crippen LogP contribution is 2.33. The van der Waals surface area contributed by atoms with Crippen LogP contribution in [0.25, 0.3) is 22.7 Å². The molecule has 1 aromatic carbocycles. The molecular weight excluding hydrogens is 320 g/mol. The first-order valence-corrected chi connectivity index (χ1v) is 8.45. The molecule has 1 N–H and O–H groups in total. The highest BCUT2D eigenvalue weighted by Gasteiger charge is 2.24. The monoisotopic (exact) mass is 340 g/mol. The van der Waals surface area contributed by atoms with Crippen LogP contribution in [0.5, 0.6) is 0 Å². The number of piperidine rings is 1. The molecule has 3 aromatic rings. The summed E-state index contributed by atoms with van der Waals surface area (Å²) in [5, 5.41) is 22.3. The van der Waals surface area contributed by atoms with Crippen LogP contribution >= 0.6 is 0 Å². The van der Waals surface area contributed by atoms with Crippen molar-refractivity contribution >= 4 is 0 Å². The molecule has 7 heteroatoms. The van der Waals surface area contributed by atoms with Crippen molar-refractivity contribution in [2.75, 3.05) is 13.1 Å². The van der Waals surface area contributed by atoms with E-state index in [-0.39, 0.29) is 6.10 Å². The van der Waals surface area contributed by atoms with E-state index in [0.717, 1.165) is 30.5 Å². The van der Waals surface area contributed by atoms with Crippen LogP contribution in [0.3, 0.4) is 0 Å². The van der Waals surface area contributed by atoms with Gasteiger partial charge in [-0.1, -0.05) is 35.5 Å². The zero-order valence-electron chi connectivity index (χ0n) is 14.1. The lowest BCUT2D eigenvalue weighted by atomic mass is 10.1. The van der Waals surface area contributed by atoms with Crippen LogP contribution in [0.4, 0.5) is 0 Å². The number of hydrogen-bond acceptors (Lipinski definition) is 7. The Balaban J connectivity index is 1.59. The molecule has 0 spiro atoms. The Labute approximate surface area is 145 Å². The summed E-state index contributed by atoms with van der Waals surface area (Å²) in [6, 6.07) is 9.78. The van der Waals surface area contributed by atoms with Gasteiger partial charge in [-0.05, 0) is 26.3 Å². The molecule has 0 radical (unpaired) electrons. The lowest BCUT2D eigenvalue weighted by Gasteiger charge is -2.28. The molecule has 0 bridgehead atoms. The molecule has 1 saturated heterocycles. The molecule has 1 unspecified atom stereocenters. The van der Waals surface area contributed by atoms with Gasteiger partial charge < -0.3 is 14.0 Å².